The van der Waals surface area contributed by atoms with Gasteiger partial charge in [0.1, 0.15) is 0 Å². The minimum Gasteiger partial charge on any atom is -0.325 e. The van der Waals surface area contributed by atoms with Crippen LogP contribution in [-0.4, -0.2) is 32.6 Å². The van der Waals surface area contributed by atoms with Gasteiger partial charge in [0.05, 0.1) is 5.75 Å². The highest BCUT2D eigenvalue weighted by Gasteiger charge is 2.10. The third-order valence-corrected chi connectivity index (χ3v) is 4.83. The second-order valence-corrected chi connectivity index (χ2v) is 6.93. The molecule has 27 heavy (non-hydrogen) atoms. The average molecular weight is 380 g/mol. The predicted octanol–water partition coefficient (Wildman–Crippen LogP) is 3.97. The van der Waals surface area contributed by atoms with Crippen LogP contribution in [-0.2, 0) is 11.2 Å². The lowest BCUT2D eigenvalue weighted by atomic mass is 10.1. The number of aromatic nitrogens is 3. The highest BCUT2D eigenvalue weighted by Crippen LogP contribution is 2.20. The number of aryl methyl sites for hydroxylation is 1. The van der Waals surface area contributed by atoms with E-state index in [4.69, 9.17) is 0 Å². The Kier molecular flexibility index (Phi) is 6.03. The summed E-state index contributed by atoms with van der Waals surface area (Å²) in [5, 5.41) is 10.3. The molecule has 0 saturated heterocycles. The molecule has 0 aliphatic heterocycles. The Morgan fingerprint density at radius 3 is 2.63 bits per heavy atom. The maximum Gasteiger partial charge on any atom is 0.234 e. The van der Waals surface area contributed by atoms with Crippen molar-refractivity contribution in [3.05, 3.63) is 59.7 Å². The lowest BCUT2D eigenvalue weighted by Gasteiger charge is -2.05. The molecule has 0 radical (unpaired) electrons. The van der Waals surface area contributed by atoms with Gasteiger partial charge in [0.2, 0.25) is 11.1 Å². The van der Waals surface area contributed by atoms with Crippen molar-refractivity contribution in [1.82, 2.24) is 15.2 Å². The number of carbonyl (C=O) groups excluding carboxylic acids is 2. The van der Waals surface area contributed by atoms with Gasteiger partial charge in [0.15, 0.2) is 11.6 Å². The van der Waals surface area contributed by atoms with Crippen LogP contribution in [0.3, 0.4) is 0 Å². The van der Waals surface area contributed by atoms with Crippen molar-refractivity contribution in [2.24, 2.45) is 0 Å². The molecule has 7 heteroatoms. The normalized spacial score (nSPS) is 10.6. The quantitative estimate of drug-likeness (QED) is 0.478. The van der Waals surface area contributed by atoms with Gasteiger partial charge in [0, 0.05) is 16.8 Å². The van der Waals surface area contributed by atoms with Crippen LogP contribution in [0.4, 0.5) is 5.69 Å². The molecule has 0 aliphatic rings. The van der Waals surface area contributed by atoms with Crippen LogP contribution in [0.5, 0.6) is 0 Å². The third-order valence-electron chi connectivity index (χ3n) is 3.99. The summed E-state index contributed by atoms with van der Waals surface area (Å²) in [6.07, 6.45) is 0.988. The van der Waals surface area contributed by atoms with Gasteiger partial charge in [0.25, 0.3) is 0 Å². The Morgan fingerprint density at radius 1 is 1.15 bits per heavy atom. The fourth-order valence-electron chi connectivity index (χ4n) is 2.48. The highest BCUT2D eigenvalue weighted by atomic mass is 32.2. The van der Waals surface area contributed by atoms with E-state index >= 15 is 0 Å². The number of nitrogens with zero attached hydrogens (tertiary/aromatic N) is 2. The van der Waals surface area contributed by atoms with E-state index in [0.29, 0.717) is 22.2 Å². The number of amides is 1. The molecule has 0 atom stereocenters. The van der Waals surface area contributed by atoms with E-state index in [2.05, 4.69) is 39.6 Å². The molecular weight excluding hydrogens is 360 g/mol. The summed E-state index contributed by atoms with van der Waals surface area (Å²) in [6, 6.07) is 15.0. The zero-order chi connectivity index (χ0) is 19.2. The van der Waals surface area contributed by atoms with Crippen LogP contribution in [0, 0.1) is 0 Å². The molecule has 0 aliphatic carbocycles. The number of aromatic amines is 1. The van der Waals surface area contributed by atoms with Crippen LogP contribution >= 0.6 is 11.8 Å². The summed E-state index contributed by atoms with van der Waals surface area (Å²) >= 11 is 1.25. The zero-order valence-electron chi connectivity index (χ0n) is 15.2. The van der Waals surface area contributed by atoms with Gasteiger partial charge in [-0.2, -0.15) is 0 Å². The SMILES string of the molecule is CCc1ccc(-c2nc(SCC(=O)Nc3cccc(C(C)=O)c3)n[nH]2)cc1. The molecule has 0 saturated carbocycles. The van der Waals surface area contributed by atoms with Crippen molar-refractivity contribution in [2.45, 2.75) is 25.4 Å². The van der Waals surface area contributed by atoms with Crippen molar-refractivity contribution in [2.75, 3.05) is 11.1 Å². The van der Waals surface area contributed by atoms with E-state index in [1.54, 1.807) is 24.3 Å². The van der Waals surface area contributed by atoms with Gasteiger partial charge in [-0.3, -0.25) is 14.7 Å². The first-order valence-corrected chi connectivity index (χ1v) is 9.59. The number of H-pyrrole nitrogens is 1. The topological polar surface area (TPSA) is 87.7 Å². The van der Waals surface area contributed by atoms with E-state index in [1.165, 1.54) is 24.2 Å². The number of benzene rings is 2. The predicted molar refractivity (Wildman–Crippen MR) is 107 cm³/mol. The molecule has 2 aromatic carbocycles. The summed E-state index contributed by atoms with van der Waals surface area (Å²) in [4.78, 5) is 28.0. The number of nitrogens with one attached hydrogen (secondary N) is 2. The monoisotopic (exact) mass is 380 g/mol. The van der Waals surface area contributed by atoms with Gasteiger partial charge in [-0.15, -0.1) is 5.10 Å². The number of hydrogen-bond donors (Lipinski definition) is 2. The third kappa shape index (κ3) is 5.04. The molecule has 2 N–H and O–H groups in total. The van der Waals surface area contributed by atoms with E-state index in [9.17, 15) is 9.59 Å². The average Bonchev–Trinajstić information content (AvgIpc) is 3.16. The fraction of sp³-hybridized carbons (Fsp3) is 0.200. The van der Waals surface area contributed by atoms with Crippen molar-refractivity contribution >= 4 is 29.1 Å². The summed E-state index contributed by atoms with van der Waals surface area (Å²) < 4.78 is 0. The van der Waals surface area contributed by atoms with Gasteiger partial charge < -0.3 is 5.32 Å². The first kappa shape index (κ1) is 18.8. The Balaban J connectivity index is 1.57. The number of Topliss-reactive ketones (excluding diaryl/α,β-unsaturated/α-hetero) is 1. The van der Waals surface area contributed by atoms with Crippen LogP contribution in [0.2, 0.25) is 0 Å². The lowest BCUT2D eigenvalue weighted by Crippen LogP contribution is -2.14. The van der Waals surface area contributed by atoms with Gasteiger partial charge in [-0.1, -0.05) is 55.1 Å². The van der Waals surface area contributed by atoms with Crippen LogP contribution < -0.4 is 5.32 Å². The Bertz CT molecular complexity index is 951. The molecule has 6 nitrogen and oxygen atoms in total. The number of ketones is 1. The molecule has 138 valence electrons. The number of rotatable bonds is 7. The molecule has 0 unspecified atom stereocenters. The van der Waals surface area contributed by atoms with Crippen molar-refractivity contribution in [3.63, 3.8) is 0 Å². The Morgan fingerprint density at radius 2 is 1.93 bits per heavy atom. The summed E-state index contributed by atoms with van der Waals surface area (Å²) in [5.41, 5.74) is 3.38. The molecule has 1 heterocycles. The molecule has 0 fully saturated rings. The highest BCUT2D eigenvalue weighted by molar-refractivity contribution is 7.99. The number of anilines is 1. The van der Waals surface area contributed by atoms with Gasteiger partial charge in [-0.25, -0.2) is 4.98 Å². The van der Waals surface area contributed by atoms with E-state index in [1.807, 2.05) is 12.1 Å². The van der Waals surface area contributed by atoms with Gasteiger partial charge in [-0.05, 0) is 31.0 Å². The minimum atomic E-state index is -0.181. The maximum atomic E-state index is 12.1. The minimum absolute atomic E-state index is 0.0410. The van der Waals surface area contributed by atoms with Gasteiger partial charge >= 0.3 is 0 Å². The standard InChI is InChI=1S/C20H20N4O2S/c1-3-14-7-9-15(10-8-14)19-22-20(24-23-19)27-12-18(26)21-17-6-4-5-16(11-17)13(2)25/h4-11H,3,12H2,1-2H3,(H,21,26)(H,22,23,24). The molecule has 1 aromatic heterocycles. The maximum absolute atomic E-state index is 12.1. The smallest absolute Gasteiger partial charge is 0.234 e. The second-order valence-electron chi connectivity index (χ2n) is 5.99. The molecule has 1 amide bonds. The summed E-state index contributed by atoms with van der Waals surface area (Å²) in [5.74, 6) is 0.630. The molecule has 0 bridgehead atoms. The summed E-state index contributed by atoms with van der Waals surface area (Å²) in [7, 11) is 0. The van der Waals surface area contributed by atoms with E-state index < -0.39 is 0 Å². The first-order chi connectivity index (χ1) is 13.0. The van der Waals surface area contributed by atoms with Crippen molar-refractivity contribution in [3.8, 4) is 11.4 Å². The molecule has 3 rings (SSSR count). The largest absolute Gasteiger partial charge is 0.325 e. The zero-order valence-corrected chi connectivity index (χ0v) is 16.0. The van der Waals surface area contributed by atoms with E-state index in [0.717, 1.165) is 12.0 Å². The fourth-order valence-corrected chi connectivity index (χ4v) is 3.08. The van der Waals surface area contributed by atoms with Crippen LogP contribution in [0.15, 0.2) is 53.7 Å². The Labute approximate surface area is 161 Å². The van der Waals surface area contributed by atoms with Crippen molar-refractivity contribution in [1.29, 1.82) is 0 Å². The van der Waals surface area contributed by atoms with Crippen molar-refractivity contribution < 1.29 is 9.59 Å². The number of thioether (sulfide) groups is 1. The van der Waals surface area contributed by atoms with Crippen LogP contribution in [0.1, 0.15) is 29.8 Å². The molecule has 0 spiro atoms. The first-order valence-electron chi connectivity index (χ1n) is 8.60. The van der Waals surface area contributed by atoms with E-state index in [-0.39, 0.29) is 17.4 Å². The summed E-state index contributed by atoms with van der Waals surface area (Å²) in [6.45, 7) is 3.60. The lowest BCUT2D eigenvalue weighted by molar-refractivity contribution is -0.113. The van der Waals surface area contributed by atoms with Crippen LogP contribution in [0.25, 0.3) is 11.4 Å². The number of carbonyl (C=O) groups is 2. The second kappa shape index (κ2) is 8.64. The molecule has 3 aromatic rings. The number of hydrogen-bond acceptors (Lipinski definition) is 5. The molecular formula is C20H20N4O2S. The Hall–Kier alpha value is -2.93.